The first-order valence-corrected chi connectivity index (χ1v) is 7.90. The van der Waals surface area contributed by atoms with Crippen LogP contribution in [0.15, 0.2) is 24.3 Å². The van der Waals surface area contributed by atoms with Gasteiger partial charge in [-0.15, -0.1) is 0 Å². The summed E-state index contributed by atoms with van der Waals surface area (Å²) in [7, 11) is 0. The van der Waals surface area contributed by atoms with E-state index in [9.17, 15) is 9.90 Å². The van der Waals surface area contributed by atoms with Crippen molar-refractivity contribution in [2.75, 3.05) is 13.2 Å². The molecule has 1 heterocycles. The lowest BCUT2D eigenvalue weighted by Crippen LogP contribution is -2.48. The van der Waals surface area contributed by atoms with Gasteiger partial charge in [0.1, 0.15) is 5.75 Å². The molecule has 0 spiro atoms. The minimum atomic E-state index is -0.239. The van der Waals surface area contributed by atoms with E-state index in [-0.39, 0.29) is 30.6 Å². The predicted octanol–water partition coefficient (Wildman–Crippen LogP) is 2.26. The summed E-state index contributed by atoms with van der Waals surface area (Å²) >= 11 is 0. The molecule has 1 aromatic rings. The first-order valence-electron chi connectivity index (χ1n) is 7.90. The second-order valence-corrected chi connectivity index (χ2v) is 6.37. The Bertz CT molecular complexity index is 504. The van der Waals surface area contributed by atoms with Crippen LogP contribution < -0.4 is 15.4 Å². The summed E-state index contributed by atoms with van der Waals surface area (Å²) in [6.07, 6.45) is 0.758. The van der Waals surface area contributed by atoms with Crippen molar-refractivity contribution in [1.29, 1.82) is 0 Å². The van der Waals surface area contributed by atoms with E-state index in [0.29, 0.717) is 12.5 Å². The monoisotopic (exact) mass is 306 g/mol. The van der Waals surface area contributed by atoms with Crippen molar-refractivity contribution < 1.29 is 14.6 Å². The number of hydrogen-bond acceptors (Lipinski definition) is 3. The molecule has 1 aliphatic heterocycles. The van der Waals surface area contributed by atoms with Crippen LogP contribution in [0.5, 0.6) is 5.75 Å². The van der Waals surface area contributed by atoms with Crippen molar-refractivity contribution >= 4 is 6.03 Å². The third-order valence-corrected chi connectivity index (χ3v) is 4.01. The molecule has 0 saturated heterocycles. The molecule has 0 aromatic heterocycles. The summed E-state index contributed by atoms with van der Waals surface area (Å²) < 4.78 is 5.66. The Morgan fingerprint density at radius 2 is 2.05 bits per heavy atom. The minimum Gasteiger partial charge on any atom is -0.493 e. The van der Waals surface area contributed by atoms with Gasteiger partial charge in [0.25, 0.3) is 0 Å². The number of nitrogens with one attached hydrogen (secondary N) is 2. The second kappa shape index (κ2) is 7.49. The number of rotatable bonds is 6. The van der Waals surface area contributed by atoms with Gasteiger partial charge < -0.3 is 20.5 Å². The number of carbonyl (C=O) groups excluding carboxylic acids is 1. The van der Waals surface area contributed by atoms with Crippen LogP contribution in [0, 0.1) is 5.92 Å². The van der Waals surface area contributed by atoms with Gasteiger partial charge in [-0.25, -0.2) is 4.79 Å². The van der Waals surface area contributed by atoms with Gasteiger partial charge in [0, 0.05) is 17.5 Å². The van der Waals surface area contributed by atoms with Gasteiger partial charge in [0.2, 0.25) is 0 Å². The van der Waals surface area contributed by atoms with Crippen LogP contribution in [0.1, 0.15) is 38.7 Å². The standard InChI is InChI=1S/C17H26N2O3/c1-11(2)8-13(9-20)19-17(21)18-12(3)15-10-22-16-7-5-4-6-14(15)16/h4-7,11-13,15,20H,8-10H2,1-3H3,(H2,18,19,21). The smallest absolute Gasteiger partial charge is 0.315 e. The number of urea groups is 1. The number of hydrogen-bond donors (Lipinski definition) is 3. The van der Waals surface area contributed by atoms with E-state index in [1.807, 2.05) is 31.2 Å². The number of amides is 2. The van der Waals surface area contributed by atoms with E-state index < -0.39 is 0 Å². The molecule has 0 fully saturated rings. The SMILES string of the molecule is CC(C)CC(CO)NC(=O)NC(C)C1COc2ccccc21. The van der Waals surface area contributed by atoms with Gasteiger partial charge in [0.15, 0.2) is 0 Å². The molecule has 0 aliphatic carbocycles. The highest BCUT2D eigenvalue weighted by Gasteiger charge is 2.29. The molecule has 3 atom stereocenters. The number of fused-ring (bicyclic) bond motifs is 1. The maximum atomic E-state index is 12.1. The number of para-hydroxylation sites is 1. The van der Waals surface area contributed by atoms with Crippen LogP contribution in [0.25, 0.3) is 0 Å². The lowest BCUT2D eigenvalue weighted by Gasteiger charge is -2.23. The first-order chi connectivity index (χ1) is 10.5. The van der Waals surface area contributed by atoms with Crippen molar-refractivity contribution in [3.05, 3.63) is 29.8 Å². The van der Waals surface area contributed by atoms with E-state index in [0.717, 1.165) is 17.7 Å². The molecule has 22 heavy (non-hydrogen) atoms. The molecule has 2 rings (SSSR count). The number of carbonyl (C=O) groups is 1. The average molecular weight is 306 g/mol. The van der Waals surface area contributed by atoms with Gasteiger partial charge in [-0.1, -0.05) is 32.0 Å². The highest BCUT2D eigenvalue weighted by Crippen LogP contribution is 2.35. The topological polar surface area (TPSA) is 70.6 Å². The molecule has 1 aliphatic rings. The van der Waals surface area contributed by atoms with Crippen molar-refractivity contribution in [3.8, 4) is 5.75 Å². The van der Waals surface area contributed by atoms with Gasteiger partial charge in [-0.2, -0.15) is 0 Å². The highest BCUT2D eigenvalue weighted by atomic mass is 16.5. The molecule has 5 heteroatoms. The van der Waals surface area contributed by atoms with Crippen LogP contribution in [0.2, 0.25) is 0 Å². The van der Waals surface area contributed by atoms with Gasteiger partial charge in [-0.3, -0.25) is 0 Å². The van der Waals surface area contributed by atoms with Crippen LogP contribution >= 0.6 is 0 Å². The Morgan fingerprint density at radius 1 is 1.32 bits per heavy atom. The van der Waals surface area contributed by atoms with Crippen LogP contribution in [-0.2, 0) is 0 Å². The fourth-order valence-electron chi connectivity index (χ4n) is 2.88. The van der Waals surface area contributed by atoms with E-state index >= 15 is 0 Å². The van der Waals surface area contributed by atoms with Crippen molar-refractivity contribution in [1.82, 2.24) is 10.6 Å². The van der Waals surface area contributed by atoms with E-state index in [1.54, 1.807) is 0 Å². The lowest BCUT2D eigenvalue weighted by molar-refractivity contribution is 0.203. The van der Waals surface area contributed by atoms with E-state index in [1.165, 1.54) is 0 Å². The molecule has 3 N–H and O–H groups in total. The van der Waals surface area contributed by atoms with E-state index in [4.69, 9.17) is 4.74 Å². The molecule has 5 nitrogen and oxygen atoms in total. The Labute approximate surface area is 132 Å². The average Bonchev–Trinajstić information content (AvgIpc) is 2.89. The minimum absolute atomic E-state index is 0.0398. The zero-order chi connectivity index (χ0) is 16.1. The molecular formula is C17H26N2O3. The zero-order valence-corrected chi connectivity index (χ0v) is 13.5. The lowest BCUT2D eigenvalue weighted by atomic mass is 9.94. The summed E-state index contributed by atoms with van der Waals surface area (Å²) in [6, 6.07) is 7.44. The Balaban J connectivity index is 1.89. The fraction of sp³-hybridized carbons (Fsp3) is 0.588. The molecule has 0 bridgehead atoms. The maximum Gasteiger partial charge on any atom is 0.315 e. The molecule has 122 valence electrons. The zero-order valence-electron chi connectivity index (χ0n) is 13.5. The third-order valence-electron chi connectivity index (χ3n) is 4.01. The number of aliphatic hydroxyl groups is 1. The summed E-state index contributed by atoms with van der Waals surface area (Å²) in [5.41, 5.74) is 1.14. The van der Waals surface area contributed by atoms with Crippen molar-refractivity contribution in [3.63, 3.8) is 0 Å². The molecular weight excluding hydrogens is 280 g/mol. The van der Waals surface area contributed by atoms with Crippen LogP contribution in [0.4, 0.5) is 4.79 Å². The summed E-state index contributed by atoms with van der Waals surface area (Å²) in [6.45, 7) is 6.65. The highest BCUT2D eigenvalue weighted by molar-refractivity contribution is 5.74. The quantitative estimate of drug-likeness (QED) is 0.755. The molecule has 3 unspecified atom stereocenters. The largest absolute Gasteiger partial charge is 0.493 e. The number of ether oxygens (including phenoxy) is 1. The number of benzene rings is 1. The Hall–Kier alpha value is -1.75. The maximum absolute atomic E-state index is 12.1. The third kappa shape index (κ3) is 4.13. The van der Waals surface area contributed by atoms with Crippen LogP contribution in [-0.4, -0.2) is 36.4 Å². The number of aliphatic hydroxyl groups excluding tert-OH is 1. The van der Waals surface area contributed by atoms with Crippen molar-refractivity contribution in [2.45, 2.75) is 45.2 Å². The van der Waals surface area contributed by atoms with Crippen LogP contribution in [0.3, 0.4) is 0 Å². The summed E-state index contributed by atoms with van der Waals surface area (Å²) in [5.74, 6) is 1.47. The molecule has 0 saturated carbocycles. The summed E-state index contributed by atoms with van der Waals surface area (Å²) in [5, 5.41) is 15.1. The van der Waals surface area contributed by atoms with Gasteiger partial charge in [0.05, 0.1) is 19.3 Å². The molecule has 0 radical (unpaired) electrons. The normalized spacial score (nSPS) is 19.2. The van der Waals surface area contributed by atoms with Gasteiger partial charge >= 0.3 is 6.03 Å². The first kappa shape index (κ1) is 16.6. The van der Waals surface area contributed by atoms with Gasteiger partial charge in [-0.05, 0) is 25.3 Å². The predicted molar refractivity (Wildman–Crippen MR) is 86.1 cm³/mol. The fourth-order valence-corrected chi connectivity index (χ4v) is 2.88. The molecule has 1 aromatic carbocycles. The second-order valence-electron chi connectivity index (χ2n) is 6.37. The Kier molecular flexibility index (Phi) is 5.66. The van der Waals surface area contributed by atoms with Crippen molar-refractivity contribution in [2.24, 2.45) is 5.92 Å². The Morgan fingerprint density at radius 3 is 2.73 bits per heavy atom. The van der Waals surface area contributed by atoms with E-state index in [2.05, 4.69) is 24.5 Å². The molecule has 2 amide bonds. The summed E-state index contributed by atoms with van der Waals surface area (Å²) in [4.78, 5) is 12.1.